The molecule has 0 atom stereocenters. The highest BCUT2D eigenvalue weighted by Crippen LogP contribution is 2.06. The topological polar surface area (TPSA) is 17.1 Å². The fourth-order valence-electron chi connectivity index (χ4n) is 1.02. The molecule has 0 unspecified atom stereocenters. The smallest absolute Gasteiger partial charge is 0.159 e. The van der Waals surface area contributed by atoms with E-state index in [1.807, 2.05) is 24.3 Å². The molecule has 12 heavy (non-hydrogen) atoms. The SMILES string of the molecule is CC(=O)c1ccc(CCI)cc1. The largest absolute Gasteiger partial charge is 0.295 e. The molecule has 0 heterocycles. The molecule has 0 spiro atoms. The minimum Gasteiger partial charge on any atom is -0.295 e. The molecule has 0 saturated heterocycles. The van der Waals surface area contributed by atoms with Gasteiger partial charge < -0.3 is 0 Å². The van der Waals surface area contributed by atoms with Crippen molar-refractivity contribution in [3.63, 3.8) is 0 Å². The van der Waals surface area contributed by atoms with Crippen LogP contribution in [-0.2, 0) is 6.42 Å². The predicted molar refractivity (Wildman–Crippen MR) is 59.0 cm³/mol. The fraction of sp³-hybridized carbons (Fsp3) is 0.300. The lowest BCUT2D eigenvalue weighted by atomic mass is 10.1. The minimum absolute atomic E-state index is 0.135. The Morgan fingerprint density at radius 1 is 1.33 bits per heavy atom. The van der Waals surface area contributed by atoms with Crippen LogP contribution in [-0.4, -0.2) is 10.2 Å². The fourth-order valence-corrected chi connectivity index (χ4v) is 1.64. The Labute approximate surface area is 86.3 Å². The van der Waals surface area contributed by atoms with E-state index in [0.29, 0.717) is 0 Å². The van der Waals surface area contributed by atoms with Gasteiger partial charge >= 0.3 is 0 Å². The minimum atomic E-state index is 0.135. The maximum Gasteiger partial charge on any atom is 0.159 e. The van der Waals surface area contributed by atoms with E-state index >= 15 is 0 Å². The third-order valence-electron chi connectivity index (χ3n) is 1.74. The molecular formula is C10H11IO. The monoisotopic (exact) mass is 274 g/mol. The Bertz CT molecular complexity index is 264. The van der Waals surface area contributed by atoms with E-state index in [1.165, 1.54) is 5.56 Å². The molecule has 64 valence electrons. The number of ketones is 1. The number of rotatable bonds is 3. The number of aryl methyl sites for hydroxylation is 1. The summed E-state index contributed by atoms with van der Waals surface area (Å²) in [4.78, 5) is 10.9. The Morgan fingerprint density at radius 2 is 1.92 bits per heavy atom. The van der Waals surface area contributed by atoms with E-state index in [1.54, 1.807) is 6.92 Å². The Balaban J connectivity index is 2.78. The second-order valence-electron chi connectivity index (χ2n) is 2.69. The summed E-state index contributed by atoms with van der Waals surface area (Å²) in [6.45, 7) is 1.59. The highest BCUT2D eigenvalue weighted by Gasteiger charge is 1.97. The zero-order valence-electron chi connectivity index (χ0n) is 7.01. The van der Waals surface area contributed by atoms with E-state index in [9.17, 15) is 4.79 Å². The number of benzene rings is 1. The van der Waals surface area contributed by atoms with Gasteiger partial charge in [0.05, 0.1) is 0 Å². The first-order valence-corrected chi connectivity index (χ1v) is 5.42. The number of alkyl halides is 1. The molecule has 0 aromatic heterocycles. The molecule has 1 nitrogen and oxygen atoms in total. The Morgan fingerprint density at radius 3 is 2.33 bits per heavy atom. The second-order valence-corrected chi connectivity index (χ2v) is 3.77. The van der Waals surface area contributed by atoms with Crippen molar-refractivity contribution in [3.8, 4) is 0 Å². The molecule has 0 aliphatic rings. The molecule has 0 saturated carbocycles. The zero-order chi connectivity index (χ0) is 8.97. The molecule has 0 N–H and O–H groups in total. The molecule has 0 aliphatic carbocycles. The third-order valence-corrected chi connectivity index (χ3v) is 2.28. The third kappa shape index (κ3) is 2.59. The number of carbonyl (C=O) groups excluding carboxylic acids is 1. The summed E-state index contributed by atoms with van der Waals surface area (Å²) in [7, 11) is 0. The van der Waals surface area contributed by atoms with Gasteiger partial charge in [-0.25, -0.2) is 0 Å². The lowest BCUT2D eigenvalue weighted by molar-refractivity contribution is 0.101. The van der Waals surface area contributed by atoms with Crippen molar-refractivity contribution < 1.29 is 4.79 Å². The van der Waals surface area contributed by atoms with Gasteiger partial charge in [0.15, 0.2) is 5.78 Å². The lowest BCUT2D eigenvalue weighted by Gasteiger charge is -1.98. The van der Waals surface area contributed by atoms with Crippen LogP contribution in [0.25, 0.3) is 0 Å². The molecule has 0 radical (unpaired) electrons. The number of hydrogen-bond acceptors (Lipinski definition) is 1. The van der Waals surface area contributed by atoms with Gasteiger partial charge in [-0.2, -0.15) is 0 Å². The van der Waals surface area contributed by atoms with Crippen LogP contribution in [0.5, 0.6) is 0 Å². The van der Waals surface area contributed by atoms with Gasteiger partial charge in [-0.05, 0) is 18.9 Å². The first kappa shape index (κ1) is 9.71. The molecule has 0 fully saturated rings. The first-order chi connectivity index (χ1) is 5.74. The highest BCUT2D eigenvalue weighted by atomic mass is 127. The van der Waals surface area contributed by atoms with Gasteiger partial charge in [0.1, 0.15) is 0 Å². The number of Topliss-reactive ketones (excluding diaryl/α,β-unsaturated/α-hetero) is 1. The Hall–Kier alpha value is -0.380. The normalized spacial score (nSPS) is 9.83. The Kier molecular flexibility index (Phi) is 3.72. The highest BCUT2D eigenvalue weighted by molar-refractivity contribution is 14.1. The summed E-state index contributed by atoms with van der Waals surface area (Å²) in [5.41, 5.74) is 2.10. The summed E-state index contributed by atoms with van der Waals surface area (Å²) in [5, 5.41) is 0. The van der Waals surface area contributed by atoms with Crippen molar-refractivity contribution in [1.82, 2.24) is 0 Å². The van der Waals surface area contributed by atoms with Crippen molar-refractivity contribution in [2.24, 2.45) is 0 Å². The van der Waals surface area contributed by atoms with Crippen LogP contribution in [0.4, 0.5) is 0 Å². The van der Waals surface area contributed by atoms with Crippen LogP contribution >= 0.6 is 22.6 Å². The molecule has 1 aromatic carbocycles. The number of halogens is 1. The second kappa shape index (κ2) is 4.60. The first-order valence-electron chi connectivity index (χ1n) is 3.90. The van der Waals surface area contributed by atoms with Gasteiger partial charge in [-0.3, -0.25) is 4.79 Å². The van der Waals surface area contributed by atoms with Crippen molar-refractivity contribution >= 4 is 28.4 Å². The summed E-state index contributed by atoms with van der Waals surface area (Å²) in [6, 6.07) is 7.83. The van der Waals surface area contributed by atoms with E-state index < -0.39 is 0 Å². The standard InChI is InChI=1S/C10H11IO/c1-8(12)10-4-2-9(3-5-10)6-7-11/h2-5H,6-7H2,1H3. The van der Waals surface area contributed by atoms with Crippen molar-refractivity contribution in [2.45, 2.75) is 13.3 Å². The quantitative estimate of drug-likeness (QED) is 0.470. The molecule has 0 bridgehead atoms. The maximum absolute atomic E-state index is 10.9. The predicted octanol–water partition coefficient (Wildman–Crippen LogP) is 2.87. The van der Waals surface area contributed by atoms with Gasteiger partial charge in [-0.15, -0.1) is 0 Å². The zero-order valence-corrected chi connectivity index (χ0v) is 9.17. The van der Waals surface area contributed by atoms with E-state index in [-0.39, 0.29) is 5.78 Å². The van der Waals surface area contributed by atoms with Crippen LogP contribution in [0.1, 0.15) is 22.8 Å². The molecule has 0 amide bonds. The molecule has 1 rings (SSSR count). The summed E-state index contributed by atoms with van der Waals surface area (Å²) in [5.74, 6) is 0.135. The van der Waals surface area contributed by atoms with Gasteiger partial charge in [0.2, 0.25) is 0 Å². The maximum atomic E-state index is 10.9. The molecule has 1 aromatic rings. The van der Waals surface area contributed by atoms with E-state index in [0.717, 1.165) is 16.4 Å². The average Bonchev–Trinajstić information content (AvgIpc) is 2.06. The molecule has 0 aliphatic heterocycles. The van der Waals surface area contributed by atoms with Crippen LogP contribution in [0, 0.1) is 0 Å². The van der Waals surface area contributed by atoms with Crippen LogP contribution < -0.4 is 0 Å². The summed E-state index contributed by atoms with van der Waals surface area (Å²) >= 11 is 2.35. The average molecular weight is 274 g/mol. The number of hydrogen-bond donors (Lipinski definition) is 0. The summed E-state index contributed by atoms with van der Waals surface area (Å²) in [6.07, 6.45) is 1.08. The van der Waals surface area contributed by atoms with Crippen LogP contribution in [0.3, 0.4) is 0 Å². The number of carbonyl (C=O) groups is 1. The van der Waals surface area contributed by atoms with Crippen molar-refractivity contribution in [2.75, 3.05) is 4.43 Å². The lowest BCUT2D eigenvalue weighted by Crippen LogP contribution is -1.92. The van der Waals surface area contributed by atoms with Gasteiger partial charge in [-0.1, -0.05) is 46.9 Å². The van der Waals surface area contributed by atoms with Crippen LogP contribution in [0.15, 0.2) is 24.3 Å². The molecule has 2 heteroatoms. The summed E-state index contributed by atoms with van der Waals surface area (Å²) < 4.78 is 1.12. The van der Waals surface area contributed by atoms with E-state index in [2.05, 4.69) is 22.6 Å². The van der Waals surface area contributed by atoms with Gasteiger partial charge in [0, 0.05) is 9.99 Å². The van der Waals surface area contributed by atoms with E-state index in [4.69, 9.17) is 0 Å². The van der Waals surface area contributed by atoms with Gasteiger partial charge in [0.25, 0.3) is 0 Å². The molecular weight excluding hydrogens is 263 g/mol. The van der Waals surface area contributed by atoms with Crippen LogP contribution in [0.2, 0.25) is 0 Å². The van der Waals surface area contributed by atoms with Crippen molar-refractivity contribution in [1.29, 1.82) is 0 Å². The van der Waals surface area contributed by atoms with Crippen molar-refractivity contribution in [3.05, 3.63) is 35.4 Å².